The highest BCUT2D eigenvalue weighted by atomic mass is 35.5. The van der Waals surface area contributed by atoms with Gasteiger partial charge in [-0.1, -0.05) is 90.5 Å². The van der Waals surface area contributed by atoms with Gasteiger partial charge in [0.05, 0.1) is 9.72 Å². The molecule has 0 saturated carbocycles. The normalized spacial score (nSPS) is 16.0. The first-order valence-corrected chi connectivity index (χ1v) is 10.0. The van der Waals surface area contributed by atoms with Gasteiger partial charge in [0.2, 0.25) is 0 Å². The van der Waals surface area contributed by atoms with Crippen LogP contribution in [0.5, 0.6) is 0 Å². The van der Waals surface area contributed by atoms with Crippen LogP contribution < -0.4 is 9.75 Å². The van der Waals surface area contributed by atoms with E-state index < -0.39 is 0 Å². The summed E-state index contributed by atoms with van der Waals surface area (Å²) in [6, 6.07) is 25.7. The third-order valence-corrected chi connectivity index (χ3v) is 6.78. The van der Waals surface area contributed by atoms with Gasteiger partial charge in [0, 0.05) is 15.8 Å². The van der Waals surface area contributed by atoms with Crippen molar-refractivity contribution in [3.63, 3.8) is 0 Å². The van der Waals surface area contributed by atoms with Crippen LogP contribution in [0.2, 0.25) is 5.02 Å². The van der Waals surface area contributed by atoms with Crippen molar-refractivity contribution in [2.24, 2.45) is 0 Å². The first-order chi connectivity index (χ1) is 12.8. The van der Waals surface area contributed by atoms with Crippen LogP contribution in [-0.4, -0.2) is 0 Å². The maximum atomic E-state index is 6.39. The number of fused-ring (bicyclic) bond motifs is 3. The van der Waals surface area contributed by atoms with E-state index in [0.717, 1.165) is 11.4 Å². The number of halogens is 1. The average Bonchev–Trinajstić information content (AvgIpc) is 3.08. The molecule has 5 rings (SSSR count). The molecule has 0 saturated heterocycles. The Bertz CT molecular complexity index is 1200. The Morgan fingerprint density at radius 1 is 0.808 bits per heavy atom. The molecule has 1 aliphatic rings. The van der Waals surface area contributed by atoms with E-state index in [-0.39, 0.29) is 0 Å². The van der Waals surface area contributed by atoms with E-state index in [1.165, 1.54) is 36.5 Å². The van der Waals surface area contributed by atoms with E-state index in [1.54, 1.807) is 11.3 Å². The SMILES string of the molecule is Clc1cccc2c3c(sc12)=CCC(c1ccc(-c2ccccc2)cc1)C=3. The van der Waals surface area contributed by atoms with Crippen molar-refractivity contribution in [1.82, 2.24) is 0 Å². The number of hydrogen-bond acceptors (Lipinski definition) is 1. The van der Waals surface area contributed by atoms with Gasteiger partial charge in [0.15, 0.2) is 0 Å². The first-order valence-electron chi connectivity index (χ1n) is 8.84. The minimum Gasteiger partial charge on any atom is -0.134 e. The maximum Gasteiger partial charge on any atom is 0.0584 e. The van der Waals surface area contributed by atoms with Gasteiger partial charge in [-0.3, -0.25) is 0 Å². The van der Waals surface area contributed by atoms with Gasteiger partial charge in [-0.25, -0.2) is 0 Å². The molecular formula is C24H17ClS. The van der Waals surface area contributed by atoms with E-state index in [2.05, 4.69) is 72.8 Å². The molecule has 0 radical (unpaired) electrons. The fraction of sp³-hybridized carbons (Fsp3) is 0.0833. The maximum absolute atomic E-state index is 6.39. The van der Waals surface area contributed by atoms with Crippen LogP contribution in [0.25, 0.3) is 33.4 Å². The summed E-state index contributed by atoms with van der Waals surface area (Å²) in [5.41, 5.74) is 3.90. The quantitative estimate of drug-likeness (QED) is 0.406. The summed E-state index contributed by atoms with van der Waals surface area (Å²) in [6.07, 6.45) is 5.83. The molecule has 0 fully saturated rings. The van der Waals surface area contributed by atoms with Crippen molar-refractivity contribution in [2.45, 2.75) is 12.3 Å². The number of benzene rings is 3. The molecule has 0 bridgehead atoms. The van der Waals surface area contributed by atoms with Gasteiger partial charge in [-0.15, -0.1) is 11.3 Å². The Labute approximate surface area is 161 Å². The van der Waals surface area contributed by atoms with Crippen LogP contribution >= 0.6 is 22.9 Å². The molecule has 2 heteroatoms. The summed E-state index contributed by atoms with van der Waals surface area (Å²) in [6.45, 7) is 0. The van der Waals surface area contributed by atoms with Gasteiger partial charge in [-0.2, -0.15) is 0 Å². The Kier molecular flexibility index (Phi) is 3.92. The molecule has 1 aliphatic carbocycles. The van der Waals surface area contributed by atoms with Crippen molar-refractivity contribution in [1.29, 1.82) is 0 Å². The molecular weight excluding hydrogens is 356 g/mol. The van der Waals surface area contributed by atoms with Crippen molar-refractivity contribution in [3.05, 3.63) is 93.1 Å². The standard InChI is InChI=1S/C24H17ClS/c25-22-8-4-7-20-21-15-19(13-14-23(21)26-24(20)22)18-11-9-17(10-12-18)16-5-2-1-3-6-16/h1-12,14-15,19H,13H2. The number of hydrogen-bond donors (Lipinski definition) is 0. The van der Waals surface area contributed by atoms with E-state index in [1.807, 2.05) is 12.1 Å². The van der Waals surface area contributed by atoms with Crippen LogP contribution in [0.3, 0.4) is 0 Å². The monoisotopic (exact) mass is 372 g/mol. The number of thiophene rings is 1. The first kappa shape index (κ1) is 15.9. The van der Waals surface area contributed by atoms with Gasteiger partial charge < -0.3 is 0 Å². The third kappa shape index (κ3) is 2.68. The minimum atomic E-state index is 0.420. The third-order valence-electron chi connectivity index (χ3n) is 5.11. The fourth-order valence-corrected chi connectivity index (χ4v) is 5.17. The highest BCUT2D eigenvalue weighted by Crippen LogP contribution is 2.29. The summed E-state index contributed by atoms with van der Waals surface area (Å²) in [4.78, 5) is 0. The van der Waals surface area contributed by atoms with Gasteiger partial charge >= 0.3 is 0 Å². The lowest BCUT2D eigenvalue weighted by molar-refractivity contribution is 0.926. The molecule has 0 nitrogen and oxygen atoms in total. The lowest BCUT2D eigenvalue weighted by Gasteiger charge is -2.14. The predicted molar refractivity (Wildman–Crippen MR) is 114 cm³/mol. The molecule has 1 heterocycles. The fourth-order valence-electron chi connectivity index (χ4n) is 3.73. The summed E-state index contributed by atoms with van der Waals surface area (Å²) < 4.78 is 2.55. The van der Waals surface area contributed by atoms with Crippen molar-refractivity contribution in [2.75, 3.05) is 0 Å². The second-order valence-electron chi connectivity index (χ2n) is 6.70. The Morgan fingerprint density at radius 2 is 1.58 bits per heavy atom. The predicted octanol–water partition coefficient (Wildman–Crippen LogP) is 5.97. The molecule has 0 aliphatic heterocycles. The van der Waals surface area contributed by atoms with Gasteiger partial charge in [-0.05, 0) is 34.4 Å². The molecule has 1 atom stereocenters. The number of rotatable bonds is 2. The van der Waals surface area contributed by atoms with Crippen LogP contribution in [0.1, 0.15) is 17.9 Å². The van der Waals surface area contributed by atoms with E-state index >= 15 is 0 Å². The van der Waals surface area contributed by atoms with E-state index in [9.17, 15) is 0 Å². The largest absolute Gasteiger partial charge is 0.134 e. The van der Waals surface area contributed by atoms with Gasteiger partial charge in [0.1, 0.15) is 0 Å². The molecule has 1 aromatic heterocycles. The second-order valence-corrected chi connectivity index (χ2v) is 8.16. The van der Waals surface area contributed by atoms with Crippen molar-refractivity contribution >= 4 is 45.2 Å². The molecule has 1 unspecified atom stereocenters. The zero-order chi connectivity index (χ0) is 17.5. The minimum absolute atomic E-state index is 0.420. The molecule has 0 N–H and O–H groups in total. The molecule has 126 valence electrons. The highest BCUT2D eigenvalue weighted by molar-refractivity contribution is 7.17. The molecule has 0 spiro atoms. The Balaban J connectivity index is 1.55. The zero-order valence-corrected chi connectivity index (χ0v) is 15.7. The molecule has 0 amide bonds. The van der Waals surface area contributed by atoms with Gasteiger partial charge in [0.25, 0.3) is 0 Å². The van der Waals surface area contributed by atoms with Crippen molar-refractivity contribution < 1.29 is 0 Å². The molecule has 4 aromatic rings. The van der Waals surface area contributed by atoms with Crippen LogP contribution in [0.4, 0.5) is 0 Å². The second kappa shape index (κ2) is 6.42. The molecule has 26 heavy (non-hydrogen) atoms. The smallest absolute Gasteiger partial charge is 0.0584 e. The summed E-state index contributed by atoms with van der Waals surface area (Å²) in [5.74, 6) is 0.420. The Morgan fingerprint density at radius 3 is 2.38 bits per heavy atom. The lowest BCUT2D eigenvalue weighted by Crippen LogP contribution is -2.23. The summed E-state index contributed by atoms with van der Waals surface area (Å²) in [5, 5.41) is 3.47. The van der Waals surface area contributed by atoms with E-state index in [4.69, 9.17) is 11.6 Å². The summed E-state index contributed by atoms with van der Waals surface area (Å²) >= 11 is 8.19. The topological polar surface area (TPSA) is 0 Å². The average molecular weight is 373 g/mol. The van der Waals surface area contributed by atoms with Crippen LogP contribution in [0.15, 0.2) is 72.8 Å². The Hall–Kier alpha value is -2.35. The van der Waals surface area contributed by atoms with Crippen LogP contribution in [0, 0.1) is 0 Å². The summed E-state index contributed by atoms with van der Waals surface area (Å²) in [7, 11) is 0. The molecule has 3 aromatic carbocycles. The lowest BCUT2D eigenvalue weighted by atomic mass is 9.90. The highest BCUT2D eigenvalue weighted by Gasteiger charge is 2.14. The van der Waals surface area contributed by atoms with Crippen molar-refractivity contribution in [3.8, 4) is 11.1 Å². The zero-order valence-electron chi connectivity index (χ0n) is 14.2. The van der Waals surface area contributed by atoms with Crippen LogP contribution in [-0.2, 0) is 0 Å². The van der Waals surface area contributed by atoms with E-state index in [0.29, 0.717) is 5.92 Å².